The van der Waals surface area contributed by atoms with Gasteiger partial charge in [0.25, 0.3) is 0 Å². The largest absolute Gasteiger partial charge is 0.479 e. The molecule has 0 aromatic heterocycles. The van der Waals surface area contributed by atoms with Gasteiger partial charge in [-0.05, 0) is 18.8 Å². The lowest BCUT2D eigenvalue weighted by molar-refractivity contribution is -0.143. The summed E-state index contributed by atoms with van der Waals surface area (Å²) in [5.74, 6) is 0.235. The number of epoxide rings is 1. The van der Waals surface area contributed by atoms with E-state index in [1.165, 1.54) is 38.5 Å². The zero-order valence-electron chi connectivity index (χ0n) is 9.91. The molecule has 1 aliphatic carbocycles. The van der Waals surface area contributed by atoms with Gasteiger partial charge in [0.1, 0.15) is 0 Å². The summed E-state index contributed by atoms with van der Waals surface area (Å²) in [6, 6.07) is 0. The number of hydrogen-bond acceptors (Lipinski definition) is 2. The highest BCUT2D eigenvalue weighted by molar-refractivity contribution is 5.80. The monoisotopic (exact) mass is 226 g/mol. The fourth-order valence-corrected chi connectivity index (χ4v) is 2.44. The molecule has 16 heavy (non-hydrogen) atoms. The SMILES string of the molecule is O=C(O)C1(CCCCCCC2CCC2)CO1. The number of hydrogen-bond donors (Lipinski definition) is 1. The maximum absolute atomic E-state index is 10.8. The lowest BCUT2D eigenvalue weighted by Crippen LogP contribution is -2.23. The molecule has 1 heterocycles. The van der Waals surface area contributed by atoms with Crippen LogP contribution in [0.3, 0.4) is 0 Å². The summed E-state index contributed by atoms with van der Waals surface area (Å²) in [5.41, 5.74) is -0.784. The first-order valence-electron chi connectivity index (χ1n) is 6.60. The van der Waals surface area contributed by atoms with Crippen LogP contribution in [0.25, 0.3) is 0 Å². The highest BCUT2D eigenvalue weighted by Crippen LogP contribution is 2.34. The minimum absolute atomic E-state index is 0.421. The molecule has 1 unspecified atom stereocenters. The van der Waals surface area contributed by atoms with Gasteiger partial charge in [0.05, 0.1) is 6.61 Å². The Bertz CT molecular complexity index is 242. The second-order valence-electron chi connectivity index (χ2n) is 5.34. The van der Waals surface area contributed by atoms with Crippen LogP contribution in [-0.2, 0) is 9.53 Å². The van der Waals surface area contributed by atoms with Crippen LogP contribution >= 0.6 is 0 Å². The number of carbonyl (C=O) groups is 1. The maximum atomic E-state index is 10.8. The Morgan fingerprint density at radius 2 is 1.94 bits per heavy atom. The van der Waals surface area contributed by atoms with Crippen molar-refractivity contribution >= 4 is 5.97 Å². The summed E-state index contributed by atoms with van der Waals surface area (Å²) in [6.45, 7) is 0.421. The van der Waals surface area contributed by atoms with Gasteiger partial charge in [-0.3, -0.25) is 0 Å². The molecule has 0 spiro atoms. The zero-order chi connectivity index (χ0) is 11.4. The van der Waals surface area contributed by atoms with Crippen molar-refractivity contribution in [2.75, 3.05) is 6.61 Å². The van der Waals surface area contributed by atoms with Crippen LogP contribution < -0.4 is 0 Å². The number of ether oxygens (including phenoxy) is 1. The minimum Gasteiger partial charge on any atom is -0.479 e. The Balaban J connectivity index is 1.44. The number of rotatable bonds is 8. The van der Waals surface area contributed by atoms with Crippen LogP contribution in [0.5, 0.6) is 0 Å². The number of carboxylic acid groups (broad SMARTS) is 1. The van der Waals surface area contributed by atoms with Crippen molar-refractivity contribution in [3.63, 3.8) is 0 Å². The maximum Gasteiger partial charge on any atom is 0.338 e. The molecule has 2 rings (SSSR count). The van der Waals surface area contributed by atoms with Crippen molar-refractivity contribution in [1.82, 2.24) is 0 Å². The van der Waals surface area contributed by atoms with Crippen LogP contribution in [0.1, 0.15) is 57.8 Å². The molecule has 1 N–H and O–H groups in total. The molecule has 2 fully saturated rings. The van der Waals surface area contributed by atoms with Crippen molar-refractivity contribution in [3.05, 3.63) is 0 Å². The van der Waals surface area contributed by atoms with Gasteiger partial charge in [0, 0.05) is 0 Å². The predicted molar refractivity (Wildman–Crippen MR) is 61.4 cm³/mol. The first-order chi connectivity index (χ1) is 7.73. The van der Waals surface area contributed by atoms with Crippen molar-refractivity contribution < 1.29 is 14.6 Å². The number of unbranched alkanes of at least 4 members (excludes halogenated alkanes) is 3. The van der Waals surface area contributed by atoms with E-state index in [2.05, 4.69) is 0 Å². The molecule has 3 nitrogen and oxygen atoms in total. The quantitative estimate of drug-likeness (QED) is 0.511. The van der Waals surface area contributed by atoms with Gasteiger partial charge < -0.3 is 9.84 Å². The van der Waals surface area contributed by atoms with E-state index in [1.807, 2.05) is 0 Å². The van der Waals surface area contributed by atoms with Gasteiger partial charge in [-0.15, -0.1) is 0 Å². The fourth-order valence-electron chi connectivity index (χ4n) is 2.44. The van der Waals surface area contributed by atoms with E-state index in [4.69, 9.17) is 9.84 Å². The summed E-state index contributed by atoms with van der Waals surface area (Å²) in [6.07, 6.45) is 11.1. The summed E-state index contributed by atoms with van der Waals surface area (Å²) < 4.78 is 5.03. The third kappa shape index (κ3) is 2.97. The Labute approximate surface area is 97.2 Å². The van der Waals surface area contributed by atoms with E-state index in [0.29, 0.717) is 13.0 Å². The molecular weight excluding hydrogens is 204 g/mol. The lowest BCUT2D eigenvalue weighted by Gasteiger charge is -2.24. The average Bonchev–Trinajstić information content (AvgIpc) is 2.94. The Kier molecular flexibility index (Phi) is 3.85. The van der Waals surface area contributed by atoms with Crippen molar-refractivity contribution in [2.24, 2.45) is 5.92 Å². The van der Waals surface area contributed by atoms with Gasteiger partial charge in [-0.2, -0.15) is 0 Å². The molecule has 0 aromatic carbocycles. The van der Waals surface area contributed by atoms with Crippen LogP contribution in [0.4, 0.5) is 0 Å². The Hall–Kier alpha value is -0.570. The summed E-state index contributed by atoms with van der Waals surface area (Å²) in [7, 11) is 0. The van der Waals surface area contributed by atoms with E-state index >= 15 is 0 Å². The molecule has 92 valence electrons. The van der Waals surface area contributed by atoms with Crippen molar-refractivity contribution in [3.8, 4) is 0 Å². The molecular formula is C13H22O3. The van der Waals surface area contributed by atoms with Gasteiger partial charge in [-0.1, -0.05) is 44.9 Å². The normalized spacial score (nSPS) is 28.8. The van der Waals surface area contributed by atoms with Gasteiger partial charge in [0.2, 0.25) is 0 Å². The molecule has 0 aromatic rings. The minimum atomic E-state index is -0.784. The predicted octanol–water partition coefficient (Wildman–Crippen LogP) is 2.98. The molecule has 0 amide bonds. The first kappa shape index (κ1) is 11.9. The average molecular weight is 226 g/mol. The van der Waals surface area contributed by atoms with E-state index in [0.717, 1.165) is 18.8 Å². The summed E-state index contributed by atoms with van der Waals surface area (Å²) >= 11 is 0. The highest BCUT2D eigenvalue weighted by Gasteiger charge is 2.51. The summed E-state index contributed by atoms with van der Waals surface area (Å²) in [4.78, 5) is 10.8. The molecule has 0 bridgehead atoms. The topological polar surface area (TPSA) is 49.8 Å². The highest BCUT2D eigenvalue weighted by atomic mass is 16.6. The Morgan fingerprint density at radius 3 is 2.44 bits per heavy atom. The molecule has 1 saturated carbocycles. The molecule has 1 atom stereocenters. The van der Waals surface area contributed by atoms with E-state index < -0.39 is 11.6 Å². The standard InChI is InChI=1S/C13H22O3/c14-12(15)13(10-16-13)9-4-2-1-3-6-11-7-5-8-11/h11H,1-10H2,(H,14,15). The van der Waals surface area contributed by atoms with Gasteiger partial charge in [0.15, 0.2) is 5.60 Å². The second-order valence-corrected chi connectivity index (χ2v) is 5.34. The molecule has 1 aliphatic heterocycles. The fraction of sp³-hybridized carbons (Fsp3) is 0.923. The lowest BCUT2D eigenvalue weighted by atomic mass is 9.81. The van der Waals surface area contributed by atoms with E-state index in [-0.39, 0.29) is 0 Å². The smallest absolute Gasteiger partial charge is 0.338 e. The Morgan fingerprint density at radius 1 is 1.25 bits per heavy atom. The van der Waals surface area contributed by atoms with E-state index in [1.54, 1.807) is 0 Å². The van der Waals surface area contributed by atoms with Gasteiger partial charge in [-0.25, -0.2) is 4.79 Å². The van der Waals surface area contributed by atoms with Crippen molar-refractivity contribution in [2.45, 2.75) is 63.4 Å². The van der Waals surface area contributed by atoms with Crippen LogP contribution in [-0.4, -0.2) is 23.3 Å². The third-order valence-electron chi connectivity index (χ3n) is 4.05. The third-order valence-corrected chi connectivity index (χ3v) is 4.05. The second kappa shape index (κ2) is 5.17. The number of carboxylic acids is 1. The van der Waals surface area contributed by atoms with Crippen LogP contribution in [0.15, 0.2) is 0 Å². The van der Waals surface area contributed by atoms with Gasteiger partial charge >= 0.3 is 5.97 Å². The molecule has 3 heteroatoms. The molecule has 1 saturated heterocycles. The number of aliphatic carboxylic acids is 1. The van der Waals surface area contributed by atoms with Crippen molar-refractivity contribution in [1.29, 1.82) is 0 Å². The molecule has 0 radical (unpaired) electrons. The molecule has 2 aliphatic rings. The summed E-state index contributed by atoms with van der Waals surface area (Å²) in [5, 5.41) is 8.89. The zero-order valence-corrected chi connectivity index (χ0v) is 9.91. The van der Waals surface area contributed by atoms with E-state index in [9.17, 15) is 4.79 Å². The van der Waals surface area contributed by atoms with Crippen LogP contribution in [0.2, 0.25) is 0 Å². The van der Waals surface area contributed by atoms with Crippen LogP contribution in [0, 0.1) is 5.92 Å². The first-order valence-corrected chi connectivity index (χ1v) is 6.60.